The molecule has 3 aromatic carbocycles. The van der Waals surface area contributed by atoms with E-state index in [-0.39, 0.29) is 5.57 Å². The van der Waals surface area contributed by atoms with Gasteiger partial charge >= 0.3 is 0 Å². The number of ether oxygens (including phenoxy) is 3. The summed E-state index contributed by atoms with van der Waals surface area (Å²) in [5.41, 5.74) is 3.67. The number of para-hydroxylation sites is 2. The molecule has 0 aliphatic carbocycles. The average Bonchev–Trinajstić information content (AvgIpc) is 3.14. The summed E-state index contributed by atoms with van der Waals surface area (Å²) in [7, 11) is 1.50. The minimum absolute atomic E-state index is 0.00583. The molecule has 2 amide bonds. The Morgan fingerprint density at radius 1 is 0.941 bits per heavy atom. The van der Waals surface area contributed by atoms with Gasteiger partial charge in [-0.15, -0.1) is 0 Å². The Bertz CT molecular complexity index is 1200. The number of amides is 2. The number of carbonyl (C=O) groups excluding carboxylic acids is 2. The average molecular weight is 479 g/mol. The molecular weight excluding hydrogens is 456 g/mol. The quantitative estimate of drug-likeness (QED) is 0.275. The Balaban J connectivity index is 1.43. The fourth-order valence-electron chi connectivity index (χ4n) is 3.39. The van der Waals surface area contributed by atoms with Gasteiger partial charge in [-0.1, -0.05) is 48.0 Å². The molecule has 1 N–H and O–H groups in total. The van der Waals surface area contributed by atoms with Gasteiger partial charge in [0.15, 0.2) is 11.5 Å². The van der Waals surface area contributed by atoms with Crippen LogP contribution in [0.1, 0.15) is 12.0 Å². The molecule has 0 unspecified atom stereocenters. The zero-order valence-electron chi connectivity index (χ0n) is 18.5. The van der Waals surface area contributed by atoms with Gasteiger partial charge in [-0.25, -0.2) is 5.01 Å². The molecule has 1 saturated heterocycles. The number of hydrogen-bond acceptors (Lipinski definition) is 5. The van der Waals surface area contributed by atoms with E-state index in [1.54, 1.807) is 36.4 Å². The number of halogens is 1. The molecule has 0 atom stereocenters. The van der Waals surface area contributed by atoms with Gasteiger partial charge in [-0.3, -0.25) is 15.0 Å². The van der Waals surface area contributed by atoms with Crippen LogP contribution in [0.2, 0.25) is 5.02 Å². The van der Waals surface area contributed by atoms with E-state index in [1.807, 2.05) is 36.4 Å². The predicted octanol–water partition coefficient (Wildman–Crippen LogP) is 4.66. The maximum Gasteiger partial charge on any atom is 0.282 e. The number of nitrogens with one attached hydrogen (secondary N) is 1. The van der Waals surface area contributed by atoms with E-state index >= 15 is 0 Å². The van der Waals surface area contributed by atoms with Crippen LogP contribution in [0.15, 0.2) is 78.4 Å². The summed E-state index contributed by atoms with van der Waals surface area (Å²) in [5.74, 6) is 0.632. The second kappa shape index (κ2) is 10.8. The predicted molar refractivity (Wildman–Crippen MR) is 130 cm³/mol. The summed E-state index contributed by atoms with van der Waals surface area (Å²) in [4.78, 5) is 25.2. The normalized spacial score (nSPS) is 14.3. The Kier molecular flexibility index (Phi) is 7.34. The maximum atomic E-state index is 12.8. The molecule has 1 aliphatic rings. The van der Waals surface area contributed by atoms with Crippen LogP contribution in [0.4, 0.5) is 5.69 Å². The molecule has 0 radical (unpaired) electrons. The van der Waals surface area contributed by atoms with E-state index in [9.17, 15) is 9.59 Å². The third-order valence-electron chi connectivity index (χ3n) is 5.02. The van der Waals surface area contributed by atoms with E-state index in [1.165, 1.54) is 18.2 Å². The third-order valence-corrected chi connectivity index (χ3v) is 5.30. The first-order chi connectivity index (χ1) is 16.6. The van der Waals surface area contributed by atoms with Crippen molar-refractivity contribution in [3.8, 4) is 17.2 Å². The summed E-state index contributed by atoms with van der Waals surface area (Å²) in [6, 6.07) is 21.7. The molecule has 1 fully saturated rings. The zero-order chi connectivity index (χ0) is 23.9. The number of anilines is 1. The largest absolute Gasteiger partial charge is 0.493 e. The molecule has 8 heteroatoms. The molecule has 174 valence electrons. The number of carbonyl (C=O) groups is 2. The minimum atomic E-state index is -0.498. The molecule has 0 aromatic heterocycles. The van der Waals surface area contributed by atoms with Crippen molar-refractivity contribution in [3.63, 3.8) is 0 Å². The maximum absolute atomic E-state index is 12.8. The van der Waals surface area contributed by atoms with Gasteiger partial charge in [0.2, 0.25) is 0 Å². The van der Waals surface area contributed by atoms with Crippen molar-refractivity contribution in [2.45, 2.75) is 6.42 Å². The molecule has 7 nitrogen and oxygen atoms in total. The van der Waals surface area contributed by atoms with Gasteiger partial charge in [0.1, 0.15) is 11.3 Å². The van der Waals surface area contributed by atoms with Gasteiger partial charge in [0, 0.05) is 6.42 Å². The van der Waals surface area contributed by atoms with Crippen LogP contribution in [0.3, 0.4) is 0 Å². The minimum Gasteiger partial charge on any atom is -0.493 e. The molecule has 0 bridgehead atoms. The highest BCUT2D eigenvalue weighted by atomic mass is 35.5. The van der Waals surface area contributed by atoms with E-state index in [2.05, 4.69) is 5.43 Å². The lowest BCUT2D eigenvalue weighted by Crippen LogP contribution is -2.35. The second-order valence-corrected chi connectivity index (χ2v) is 7.78. The lowest BCUT2D eigenvalue weighted by atomic mass is 10.1. The van der Waals surface area contributed by atoms with Crippen molar-refractivity contribution in [1.82, 2.24) is 5.43 Å². The highest BCUT2D eigenvalue weighted by Crippen LogP contribution is 2.37. The van der Waals surface area contributed by atoms with Crippen molar-refractivity contribution in [2.75, 3.05) is 25.3 Å². The topological polar surface area (TPSA) is 77.1 Å². The zero-order valence-corrected chi connectivity index (χ0v) is 19.2. The van der Waals surface area contributed by atoms with Crippen LogP contribution in [-0.4, -0.2) is 32.1 Å². The number of hydrazine groups is 1. The first-order valence-corrected chi connectivity index (χ1v) is 11.0. The van der Waals surface area contributed by atoms with E-state index < -0.39 is 11.8 Å². The van der Waals surface area contributed by atoms with Crippen LogP contribution in [0, 0.1) is 0 Å². The highest BCUT2D eigenvalue weighted by molar-refractivity contribution is 6.33. The molecule has 0 spiro atoms. The number of benzene rings is 3. The highest BCUT2D eigenvalue weighted by Gasteiger charge is 2.34. The number of hydrogen-bond donors (Lipinski definition) is 1. The molecule has 3 aromatic rings. The van der Waals surface area contributed by atoms with Crippen LogP contribution in [0.5, 0.6) is 17.2 Å². The van der Waals surface area contributed by atoms with Gasteiger partial charge in [0.25, 0.3) is 11.8 Å². The number of rotatable bonds is 9. The van der Waals surface area contributed by atoms with E-state index in [0.717, 1.165) is 5.75 Å². The number of nitrogens with zero attached hydrogens (tertiary/aromatic N) is 1. The summed E-state index contributed by atoms with van der Waals surface area (Å²) in [5, 5.41) is 1.52. The Morgan fingerprint density at radius 3 is 2.32 bits per heavy atom. The summed E-state index contributed by atoms with van der Waals surface area (Å²) < 4.78 is 16.9. The first-order valence-electron chi connectivity index (χ1n) is 10.7. The van der Waals surface area contributed by atoms with Crippen LogP contribution in [0.25, 0.3) is 6.08 Å². The Morgan fingerprint density at radius 2 is 1.62 bits per heavy atom. The first kappa shape index (κ1) is 23.2. The Labute approximate surface area is 202 Å². The molecule has 0 saturated carbocycles. The summed E-state index contributed by atoms with van der Waals surface area (Å²) >= 11 is 6.44. The molecule has 34 heavy (non-hydrogen) atoms. The van der Waals surface area contributed by atoms with Crippen LogP contribution >= 0.6 is 11.6 Å². The van der Waals surface area contributed by atoms with Gasteiger partial charge in [0.05, 0.1) is 31.0 Å². The van der Waals surface area contributed by atoms with E-state index in [0.29, 0.717) is 47.4 Å². The van der Waals surface area contributed by atoms with Crippen LogP contribution in [-0.2, 0) is 9.59 Å². The van der Waals surface area contributed by atoms with E-state index in [4.69, 9.17) is 25.8 Å². The third kappa shape index (κ3) is 5.32. The second-order valence-electron chi connectivity index (χ2n) is 7.37. The fraction of sp³-hybridized carbons (Fsp3) is 0.154. The fourth-order valence-corrected chi connectivity index (χ4v) is 3.66. The van der Waals surface area contributed by atoms with Crippen LogP contribution < -0.4 is 24.6 Å². The molecule has 1 aliphatic heterocycles. The Hall–Kier alpha value is -3.97. The van der Waals surface area contributed by atoms with Crippen molar-refractivity contribution in [3.05, 3.63) is 89.0 Å². The van der Waals surface area contributed by atoms with Gasteiger partial charge < -0.3 is 14.2 Å². The van der Waals surface area contributed by atoms with Gasteiger partial charge in [-0.05, 0) is 48.0 Å². The van der Waals surface area contributed by atoms with Crippen molar-refractivity contribution < 1.29 is 23.8 Å². The molecular formula is C26H23ClN2O5. The summed E-state index contributed by atoms with van der Waals surface area (Å²) in [6.07, 6.45) is 2.12. The standard InChI is InChI=1S/C26H23ClN2O5/c1-32-23-17-18(15-21-25(30)28-29(26(21)31)19-9-4-2-5-10-19)16-22(27)24(23)34-14-8-13-33-20-11-6-3-7-12-20/h2-7,9-12,15-17H,8,13-14H2,1H3,(H,28,30)/b21-15+. The smallest absolute Gasteiger partial charge is 0.282 e. The SMILES string of the molecule is COc1cc(/C=C2\C(=O)NN(c3ccccc3)C2=O)cc(Cl)c1OCCCOc1ccccc1. The monoisotopic (exact) mass is 478 g/mol. The van der Waals surface area contributed by atoms with Crippen molar-refractivity contribution >= 4 is 35.2 Å². The lowest BCUT2D eigenvalue weighted by Gasteiger charge is -2.14. The lowest BCUT2D eigenvalue weighted by molar-refractivity contribution is -0.117. The van der Waals surface area contributed by atoms with Crippen molar-refractivity contribution in [1.29, 1.82) is 0 Å². The number of methoxy groups -OCH3 is 1. The van der Waals surface area contributed by atoms with Gasteiger partial charge in [-0.2, -0.15) is 0 Å². The molecule has 1 heterocycles. The summed E-state index contributed by atoms with van der Waals surface area (Å²) in [6.45, 7) is 0.861. The van der Waals surface area contributed by atoms with Crippen molar-refractivity contribution in [2.24, 2.45) is 0 Å². The molecule has 4 rings (SSSR count).